The van der Waals surface area contributed by atoms with Gasteiger partial charge >= 0.3 is 6.18 Å². The zero-order chi connectivity index (χ0) is 23.1. The normalized spacial score (nSPS) is 23.6. The van der Waals surface area contributed by atoms with Crippen LogP contribution in [0.1, 0.15) is 26.7 Å². The summed E-state index contributed by atoms with van der Waals surface area (Å²) in [5, 5.41) is 15.9. The van der Waals surface area contributed by atoms with Crippen LogP contribution in [0.4, 0.5) is 24.9 Å². The number of aliphatic hydroxyl groups excluding tert-OH is 1. The predicted molar refractivity (Wildman–Crippen MR) is 121 cm³/mol. The maximum absolute atomic E-state index is 12.7. The van der Waals surface area contributed by atoms with Crippen LogP contribution in [0.15, 0.2) is 24.3 Å². The fourth-order valence-corrected chi connectivity index (χ4v) is 5.46. The van der Waals surface area contributed by atoms with Crippen LogP contribution in [0, 0.1) is 11.8 Å². The second-order valence-corrected chi connectivity index (χ2v) is 9.72. The molecule has 1 aliphatic carbocycles. The molecular formula is C21H23ClF3N5OS. The number of para-hydroxylation sites is 1. The average Bonchev–Trinajstić information content (AvgIpc) is 3.26. The first-order chi connectivity index (χ1) is 15.1. The van der Waals surface area contributed by atoms with Gasteiger partial charge in [-0.15, -0.1) is 11.3 Å². The van der Waals surface area contributed by atoms with Crippen molar-refractivity contribution in [2.75, 3.05) is 23.8 Å². The highest BCUT2D eigenvalue weighted by Gasteiger charge is 2.43. The van der Waals surface area contributed by atoms with E-state index in [1.165, 1.54) is 11.3 Å². The van der Waals surface area contributed by atoms with E-state index >= 15 is 0 Å². The summed E-state index contributed by atoms with van der Waals surface area (Å²) >= 11 is 7.89. The molecule has 0 bridgehead atoms. The number of benzene rings is 1. The number of halogens is 4. The quantitative estimate of drug-likeness (QED) is 0.395. The molecule has 2 aromatic heterocycles. The number of thiazole rings is 1. The molecule has 0 saturated heterocycles. The molecule has 0 unspecified atom stereocenters. The van der Waals surface area contributed by atoms with Gasteiger partial charge in [-0.25, -0.2) is 9.97 Å². The van der Waals surface area contributed by atoms with Crippen molar-refractivity contribution in [2.45, 2.75) is 38.4 Å². The first kappa shape index (κ1) is 23.0. The number of rotatable bonds is 6. The molecule has 3 atom stereocenters. The lowest BCUT2D eigenvalue weighted by atomic mass is 9.86. The standard InChI is InChI=1S/C21H23ClF3N5OS/c1-11-12(9-31)7-8-20(11,2)30-17-15(18-27-13-5-3-4-6-14(13)32-18)16(22)28-19(29-17)26-10-21(23,24)25/h3-6,11-12,31H,7-10H2,1-2H3,(H2,26,28,29,30)/t11-,12-,20+/m1/s1. The topological polar surface area (TPSA) is 83.0 Å². The zero-order valence-corrected chi connectivity index (χ0v) is 19.1. The van der Waals surface area contributed by atoms with E-state index in [-0.39, 0.29) is 29.5 Å². The van der Waals surface area contributed by atoms with Crippen molar-refractivity contribution < 1.29 is 18.3 Å². The third-order valence-corrected chi connectivity index (χ3v) is 7.53. The molecular weight excluding hydrogens is 463 g/mol. The molecule has 172 valence electrons. The highest BCUT2D eigenvalue weighted by molar-refractivity contribution is 7.21. The minimum absolute atomic E-state index is 0.0131. The molecule has 3 aromatic rings. The van der Waals surface area contributed by atoms with Crippen LogP contribution < -0.4 is 10.6 Å². The highest BCUT2D eigenvalue weighted by Crippen LogP contribution is 2.45. The van der Waals surface area contributed by atoms with E-state index in [1.54, 1.807) is 0 Å². The summed E-state index contributed by atoms with van der Waals surface area (Å²) in [6.45, 7) is 2.87. The Labute approximate surface area is 192 Å². The lowest BCUT2D eigenvalue weighted by Gasteiger charge is -2.33. The van der Waals surface area contributed by atoms with Gasteiger partial charge < -0.3 is 15.7 Å². The summed E-state index contributed by atoms with van der Waals surface area (Å²) in [6.07, 6.45) is -2.82. The van der Waals surface area contributed by atoms with E-state index in [1.807, 2.05) is 38.1 Å². The smallest absolute Gasteiger partial charge is 0.396 e. The Bertz CT molecular complexity index is 1090. The molecule has 2 heterocycles. The van der Waals surface area contributed by atoms with E-state index in [4.69, 9.17) is 11.6 Å². The fraction of sp³-hybridized carbons (Fsp3) is 0.476. The van der Waals surface area contributed by atoms with Gasteiger partial charge in [0.2, 0.25) is 5.95 Å². The molecule has 6 nitrogen and oxygen atoms in total. The second-order valence-electron chi connectivity index (χ2n) is 8.33. The van der Waals surface area contributed by atoms with Crippen molar-refractivity contribution >= 4 is 44.9 Å². The van der Waals surface area contributed by atoms with Gasteiger partial charge in [-0.2, -0.15) is 18.2 Å². The summed E-state index contributed by atoms with van der Waals surface area (Å²) < 4.78 is 39.1. The summed E-state index contributed by atoms with van der Waals surface area (Å²) in [7, 11) is 0. The van der Waals surface area contributed by atoms with Gasteiger partial charge in [-0.3, -0.25) is 0 Å². The summed E-state index contributed by atoms with van der Waals surface area (Å²) in [5.41, 5.74) is 0.804. The Morgan fingerprint density at radius 3 is 2.66 bits per heavy atom. The Hall–Kier alpha value is -2.17. The minimum Gasteiger partial charge on any atom is -0.396 e. The minimum atomic E-state index is -4.42. The van der Waals surface area contributed by atoms with Crippen LogP contribution in [0.3, 0.4) is 0 Å². The van der Waals surface area contributed by atoms with Crippen LogP contribution in [0.5, 0.6) is 0 Å². The molecule has 0 amide bonds. The van der Waals surface area contributed by atoms with Crippen LogP contribution in [-0.2, 0) is 0 Å². The Kier molecular flexibility index (Phi) is 6.21. The van der Waals surface area contributed by atoms with E-state index in [0.717, 1.165) is 23.1 Å². The average molecular weight is 486 g/mol. The molecule has 0 radical (unpaired) electrons. The van der Waals surface area contributed by atoms with Crippen molar-refractivity contribution in [3.05, 3.63) is 29.4 Å². The number of alkyl halides is 3. The molecule has 1 fully saturated rings. The SMILES string of the molecule is C[C@@H]1[C@@H](CO)CC[C@]1(C)Nc1nc(NCC(F)(F)F)nc(Cl)c1-c1nc2ccccc2s1. The third kappa shape index (κ3) is 4.62. The van der Waals surface area contributed by atoms with Gasteiger partial charge in [-0.1, -0.05) is 30.7 Å². The van der Waals surface area contributed by atoms with Gasteiger partial charge in [0.05, 0.1) is 15.8 Å². The summed E-state index contributed by atoms with van der Waals surface area (Å²) in [6, 6.07) is 7.60. The number of hydrogen-bond donors (Lipinski definition) is 3. The largest absolute Gasteiger partial charge is 0.405 e. The van der Waals surface area contributed by atoms with Crippen molar-refractivity contribution in [1.29, 1.82) is 0 Å². The number of hydrogen-bond acceptors (Lipinski definition) is 7. The Balaban J connectivity index is 1.77. The summed E-state index contributed by atoms with van der Waals surface area (Å²) in [4.78, 5) is 13.1. The van der Waals surface area contributed by atoms with Crippen LogP contribution >= 0.6 is 22.9 Å². The maximum Gasteiger partial charge on any atom is 0.405 e. The van der Waals surface area contributed by atoms with E-state index < -0.39 is 18.3 Å². The number of aliphatic hydroxyl groups is 1. The van der Waals surface area contributed by atoms with Crippen molar-refractivity contribution in [1.82, 2.24) is 15.0 Å². The highest BCUT2D eigenvalue weighted by atomic mass is 35.5. The molecule has 3 N–H and O–H groups in total. The van der Waals surface area contributed by atoms with E-state index in [9.17, 15) is 18.3 Å². The number of anilines is 2. The number of nitrogens with one attached hydrogen (secondary N) is 2. The first-order valence-electron chi connectivity index (χ1n) is 10.2. The summed E-state index contributed by atoms with van der Waals surface area (Å²) in [5.74, 6) is 0.337. The molecule has 1 aliphatic rings. The van der Waals surface area contributed by atoms with Crippen molar-refractivity contribution in [3.63, 3.8) is 0 Å². The molecule has 0 spiro atoms. The van der Waals surface area contributed by atoms with Crippen LogP contribution in [-0.4, -0.2) is 44.9 Å². The van der Waals surface area contributed by atoms with E-state index in [0.29, 0.717) is 16.4 Å². The number of fused-ring (bicyclic) bond motifs is 1. The molecule has 1 saturated carbocycles. The number of aromatic nitrogens is 3. The first-order valence-corrected chi connectivity index (χ1v) is 11.4. The molecule has 11 heteroatoms. The third-order valence-electron chi connectivity index (χ3n) is 6.20. The van der Waals surface area contributed by atoms with Crippen molar-refractivity contribution in [3.8, 4) is 10.6 Å². The van der Waals surface area contributed by atoms with Crippen molar-refractivity contribution in [2.24, 2.45) is 11.8 Å². The van der Waals surface area contributed by atoms with E-state index in [2.05, 4.69) is 25.6 Å². The predicted octanol–water partition coefficient (Wildman–Crippen LogP) is 5.59. The lowest BCUT2D eigenvalue weighted by Crippen LogP contribution is -2.40. The van der Waals surface area contributed by atoms with Gasteiger partial charge in [0.1, 0.15) is 22.5 Å². The van der Waals surface area contributed by atoms with Gasteiger partial charge in [-0.05, 0) is 43.7 Å². The van der Waals surface area contributed by atoms with Gasteiger partial charge in [0.15, 0.2) is 0 Å². The Morgan fingerprint density at radius 2 is 2.00 bits per heavy atom. The Morgan fingerprint density at radius 1 is 1.25 bits per heavy atom. The van der Waals surface area contributed by atoms with Crippen LogP contribution in [0.25, 0.3) is 20.8 Å². The number of nitrogens with zero attached hydrogens (tertiary/aromatic N) is 3. The monoisotopic (exact) mass is 485 g/mol. The molecule has 32 heavy (non-hydrogen) atoms. The second kappa shape index (κ2) is 8.64. The zero-order valence-electron chi connectivity index (χ0n) is 17.5. The lowest BCUT2D eigenvalue weighted by molar-refractivity contribution is -0.115. The maximum atomic E-state index is 12.7. The van der Waals surface area contributed by atoms with Gasteiger partial charge in [0.25, 0.3) is 0 Å². The van der Waals surface area contributed by atoms with Gasteiger partial charge in [0, 0.05) is 12.1 Å². The fourth-order valence-electron chi connectivity index (χ4n) is 4.13. The molecule has 4 rings (SSSR count). The van der Waals surface area contributed by atoms with Crippen LogP contribution in [0.2, 0.25) is 5.15 Å². The molecule has 1 aromatic carbocycles. The molecule has 0 aliphatic heterocycles.